The van der Waals surface area contributed by atoms with Crippen molar-refractivity contribution in [1.29, 1.82) is 5.26 Å². The zero-order valence-corrected chi connectivity index (χ0v) is 9.03. The van der Waals surface area contributed by atoms with Crippen LogP contribution in [-0.2, 0) is 0 Å². The average Bonchev–Trinajstić information content (AvgIpc) is 2.20. The molecule has 3 nitrogen and oxygen atoms in total. The van der Waals surface area contributed by atoms with Crippen LogP contribution < -0.4 is 4.74 Å². The number of allylic oxidation sites excluding steroid dienone is 2. The van der Waals surface area contributed by atoms with E-state index in [9.17, 15) is 5.11 Å². The number of rotatable bonds is 2. The van der Waals surface area contributed by atoms with Crippen LogP contribution in [0, 0.1) is 18.3 Å². The summed E-state index contributed by atoms with van der Waals surface area (Å²) >= 11 is 0. The maximum Gasteiger partial charge on any atom is 0.119 e. The molecule has 0 heterocycles. The Labute approximate surface area is 89.2 Å². The highest BCUT2D eigenvalue weighted by molar-refractivity contribution is 5.79. The Morgan fingerprint density at radius 2 is 2.13 bits per heavy atom. The van der Waals surface area contributed by atoms with Gasteiger partial charge in [-0.15, -0.1) is 0 Å². The van der Waals surface area contributed by atoms with Gasteiger partial charge in [-0.05, 0) is 43.2 Å². The average molecular weight is 203 g/mol. The Morgan fingerprint density at radius 1 is 1.47 bits per heavy atom. The molecule has 0 saturated carbocycles. The summed E-state index contributed by atoms with van der Waals surface area (Å²) in [4.78, 5) is 0. The standard InChI is InChI=1S/C12H13NO2/c1-8-6-10(15-3)4-5-11(8)12(7-13)9(2)14/h4-6,14H,1-3H3. The number of hydrogen-bond acceptors (Lipinski definition) is 3. The quantitative estimate of drug-likeness (QED) is 0.594. The summed E-state index contributed by atoms with van der Waals surface area (Å²) < 4.78 is 5.06. The van der Waals surface area contributed by atoms with Gasteiger partial charge in [-0.3, -0.25) is 0 Å². The Balaban J connectivity index is 3.29. The van der Waals surface area contributed by atoms with E-state index in [-0.39, 0.29) is 5.76 Å². The fourth-order valence-electron chi connectivity index (χ4n) is 1.38. The van der Waals surface area contributed by atoms with E-state index in [0.717, 1.165) is 16.9 Å². The lowest BCUT2D eigenvalue weighted by Gasteiger charge is -2.07. The van der Waals surface area contributed by atoms with Crippen molar-refractivity contribution >= 4 is 5.57 Å². The second-order valence-corrected chi connectivity index (χ2v) is 3.25. The molecule has 1 aromatic rings. The normalized spacial score (nSPS) is 11.6. The van der Waals surface area contributed by atoms with E-state index in [1.807, 2.05) is 19.1 Å². The number of nitrogens with zero attached hydrogens (tertiary/aromatic N) is 1. The molecule has 0 amide bonds. The number of aliphatic hydroxyl groups excluding tert-OH is 1. The molecule has 0 atom stereocenters. The summed E-state index contributed by atoms with van der Waals surface area (Å²) in [5, 5.41) is 18.2. The van der Waals surface area contributed by atoms with Crippen LogP contribution in [0.4, 0.5) is 0 Å². The largest absolute Gasteiger partial charge is 0.511 e. The van der Waals surface area contributed by atoms with Crippen molar-refractivity contribution in [2.45, 2.75) is 13.8 Å². The maximum absolute atomic E-state index is 9.34. The van der Waals surface area contributed by atoms with Gasteiger partial charge in [0.25, 0.3) is 0 Å². The van der Waals surface area contributed by atoms with Crippen molar-refractivity contribution < 1.29 is 9.84 Å². The Kier molecular flexibility index (Phi) is 3.35. The first kappa shape index (κ1) is 11.1. The molecule has 3 heteroatoms. The van der Waals surface area contributed by atoms with E-state index in [0.29, 0.717) is 5.57 Å². The van der Waals surface area contributed by atoms with Crippen molar-refractivity contribution in [3.05, 3.63) is 35.1 Å². The molecule has 0 aromatic heterocycles. The maximum atomic E-state index is 9.34. The van der Waals surface area contributed by atoms with Crippen molar-refractivity contribution in [3.8, 4) is 11.8 Å². The van der Waals surface area contributed by atoms with Crippen molar-refractivity contribution in [2.75, 3.05) is 7.11 Å². The SMILES string of the molecule is COc1ccc(C(C#N)=C(C)O)c(C)c1. The number of aryl methyl sites for hydroxylation is 1. The summed E-state index contributed by atoms with van der Waals surface area (Å²) in [5.41, 5.74) is 1.94. The smallest absolute Gasteiger partial charge is 0.119 e. The zero-order chi connectivity index (χ0) is 11.4. The lowest BCUT2D eigenvalue weighted by atomic mass is 10.0. The Bertz CT molecular complexity index is 437. The van der Waals surface area contributed by atoms with E-state index in [1.54, 1.807) is 19.2 Å². The lowest BCUT2D eigenvalue weighted by molar-refractivity contribution is 0.414. The summed E-state index contributed by atoms with van der Waals surface area (Å²) in [5.74, 6) is 0.773. The Hall–Kier alpha value is -1.95. The predicted molar refractivity (Wildman–Crippen MR) is 58.6 cm³/mol. The van der Waals surface area contributed by atoms with E-state index >= 15 is 0 Å². The van der Waals surface area contributed by atoms with Crippen LogP contribution in [0.3, 0.4) is 0 Å². The Morgan fingerprint density at radius 3 is 2.53 bits per heavy atom. The van der Waals surface area contributed by atoms with Crippen LogP contribution in [0.15, 0.2) is 24.0 Å². The van der Waals surface area contributed by atoms with E-state index in [1.165, 1.54) is 6.92 Å². The van der Waals surface area contributed by atoms with Gasteiger partial charge in [0.05, 0.1) is 12.7 Å². The number of nitriles is 1. The number of methoxy groups -OCH3 is 1. The van der Waals surface area contributed by atoms with Crippen LogP contribution in [-0.4, -0.2) is 12.2 Å². The van der Waals surface area contributed by atoms with Gasteiger partial charge in [-0.25, -0.2) is 0 Å². The molecule has 0 fully saturated rings. The molecule has 0 aliphatic rings. The second kappa shape index (κ2) is 4.52. The van der Waals surface area contributed by atoms with E-state index < -0.39 is 0 Å². The van der Waals surface area contributed by atoms with Gasteiger partial charge in [-0.1, -0.05) is 0 Å². The molecule has 0 spiro atoms. The molecular weight excluding hydrogens is 190 g/mol. The monoisotopic (exact) mass is 203 g/mol. The van der Waals surface area contributed by atoms with Crippen molar-refractivity contribution in [2.24, 2.45) is 0 Å². The first-order valence-corrected chi connectivity index (χ1v) is 4.55. The molecule has 0 aliphatic carbocycles. The van der Waals surface area contributed by atoms with Crippen LogP contribution in [0.1, 0.15) is 18.1 Å². The van der Waals surface area contributed by atoms with E-state index in [4.69, 9.17) is 10.00 Å². The third-order valence-electron chi connectivity index (χ3n) is 2.18. The number of ether oxygens (including phenoxy) is 1. The van der Waals surface area contributed by atoms with Gasteiger partial charge in [0.15, 0.2) is 0 Å². The number of benzene rings is 1. The van der Waals surface area contributed by atoms with Crippen LogP contribution >= 0.6 is 0 Å². The molecular formula is C12H13NO2. The molecule has 0 saturated heterocycles. The minimum Gasteiger partial charge on any atom is -0.511 e. The van der Waals surface area contributed by atoms with Gasteiger partial charge in [0.1, 0.15) is 17.6 Å². The van der Waals surface area contributed by atoms with Gasteiger partial charge in [0.2, 0.25) is 0 Å². The van der Waals surface area contributed by atoms with Crippen molar-refractivity contribution in [3.63, 3.8) is 0 Å². The molecule has 0 aliphatic heterocycles. The molecule has 1 rings (SSSR count). The first-order valence-electron chi connectivity index (χ1n) is 4.55. The molecule has 1 N–H and O–H groups in total. The fraction of sp³-hybridized carbons (Fsp3) is 0.250. The fourth-order valence-corrected chi connectivity index (χ4v) is 1.38. The highest BCUT2D eigenvalue weighted by Crippen LogP contribution is 2.24. The minimum atomic E-state index is 0.0331. The van der Waals surface area contributed by atoms with Crippen LogP contribution in [0.25, 0.3) is 5.57 Å². The van der Waals surface area contributed by atoms with Gasteiger partial charge in [0, 0.05) is 0 Å². The third-order valence-corrected chi connectivity index (χ3v) is 2.18. The van der Waals surface area contributed by atoms with Crippen LogP contribution in [0.5, 0.6) is 5.75 Å². The summed E-state index contributed by atoms with van der Waals surface area (Å²) in [7, 11) is 1.59. The number of hydrogen-bond donors (Lipinski definition) is 1. The summed E-state index contributed by atoms with van der Waals surface area (Å²) in [6.07, 6.45) is 0. The molecule has 1 aromatic carbocycles. The topological polar surface area (TPSA) is 53.2 Å². The number of aliphatic hydroxyl groups is 1. The van der Waals surface area contributed by atoms with Gasteiger partial charge >= 0.3 is 0 Å². The predicted octanol–water partition coefficient (Wildman–Crippen LogP) is 2.82. The van der Waals surface area contributed by atoms with E-state index in [2.05, 4.69) is 0 Å². The minimum absolute atomic E-state index is 0.0331. The molecule has 0 radical (unpaired) electrons. The molecule has 15 heavy (non-hydrogen) atoms. The highest BCUT2D eigenvalue weighted by Gasteiger charge is 2.08. The first-order chi connectivity index (χ1) is 7.10. The van der Waals surface area contributed by atoms with Gasteiger partial charge < -0.3 is 9.84 Å². The van der Waals surface area contributed by atoms with Gasteiger partial charge in [-0.2, -0.15) is 5.26 Å². The zero-order valence-electron chi connectivity index (χ0n) is 9.03. The summed E-state index contributed by atoms with van der Waals surface area (Å²) in [6, 6.07) is 7.35. The second-order valence-electron chi connectivity index (χ2n) is 3.25. The molecule has 78 valence electrons. The highest BCUT2D eigenvalue weighted by atomic mass is 16.5. The van der Waals surface area contributed by atoms with Crippen LogP contribution in [0.2, 0.25) is 0 Å². The molecule has 0 bridgehead atoms. The summed E-state index contributed by atoms with van der Waals surface area (Å²) in [6.45, 7) is 3.38. The third kappa shape index (κ3) is 2.29. The van der Waals surface area contributed by atoms with Crippen molar-refractivity contribution in [1.82, 2.24) is 0 Å². The molecule has 0 unspecified atom stereocenters. The lowest BCUT2D eigenvalue weighted by Crippen LogP contribution is -1.92.